The zero-order valence-electron chi connectivity index (χ0n) is 16.4. The summed E-state index contributed by atoms with van der Waals surface area (Å²) in [5.74, 6) is -0.605. The van der Waals surface area contributed by atoms with Crippen LogP contribution in [0.25, 0.3) is 0 Å². The second-order valence-electron chi connectivity index (χ2n) is 7.03. The fourth-order valence-corrected chi connectivity index (χ4v) is 4.97. The smallest absolute Gasteiger partial charge is 0.243 e. The second kappa shape index (κ2) is 9.99. The largest absolute Gasteiger partial charge is 0.494 e. The first-order valence-corrected chi connectivity index (χ1v) is 11.3. The molecular weight excluding hydrogens is 414 g/mol. The Hall–Kier alpha value is -2.52. The predicted octanol–water partition coefficient (Wildman–Crippen LogP) is 3.09. The van der Waals surface area contributed by atoms with Crippen LogP contribution in [0.3, 0.4) is 0 Å². The van der Waals surface area contributed by atoms with Gasteiger partial charge in [0, 0.05) is 13.1 Å². The van der Waals surface area contributed by atoms with Gasteiger partial charge in [-0.05, 0) is 74.2 Å². The second-order valence-corrected chi connectivity index (χ2v) is 8.92. The average molecular weight is 438 g/mol. The van der Waals surface area contributed by atoms with Gasteiger partial charge in [0.15, 0.2) is 0 Å². The van der Waals surface area contributed by atoms with Crippen LogP contribution in [0.1, 0.15) is 25.7 Å². The Morgan fingerprint density at radius 2 is 1.67 bits per heavy atom. The zero-order chi connectivity index (χ0) is 21.6. The van der Waals surface area contributed by atoms with Crippen molar-refractivity contribution in [2.24, 2.45) is 0 Å². The Morgan fingerprint density at radius 3 is 2.33 bits per heavy atom. The highest BCUT2D eigenvalue weighted by atomic mass is 32.2. The maximum atomic E-state index is 13.1. The molecule has 1 N–H and O–H groups in total. The molecule has 0 saturated carbocycles. The van der Waals surface area contributed by atoms with Gasteiger partial charge in [-0.15, -0.1) is 0 Å². The molecule has 1 saturated heterocycles. The normalized spacial score (nSPS) is 17.1. The van der Waals surface area contributed by atoms with Crippen LogP contribution in [0, 0.1) is 11.6 Å². The van der Waals surface area contributed by atoms with Gasteiger partial charge in [0.1, 0.15) is 23.4 Å². The molecule has 0 aromatic heterocycles. The maximum absolute atomic E-state index is 13.1. The van der Waals surface area contributed by atoms with E-state index in [4.69, 9.17) is 4.74 Å². The minimum absolute atomic E-state index is 0.0264. The van der Waals surface area contributed by atoms with Gasteiger partial charge in [-0.25, -0.2) is 17.2 Å². The summed E-state index contributed by atoms with van der Waals surface area (Å²) in [5, 5.41) is 2.78. The lowest BCUT2D eigenvalue weighted by Gasteiger charge is -2.23. The summed E-state index contributed by atoms with van der Waals surface area (Å²) in [6.07, 6.45) is 2.37. The molecule has 1 aliphatic heterocycles. The van der Waals surface area contributed by atoms with E-state index in [1.54, 1.807) is 12.1 Å². The van der Waals surface area contributed by atoms with E-state index in [0.29, 0.717) is 44.6 Å². The van der Waals surface area contributed by atoms with E-state index in [2.05, 4.69) is 5.32 Å². The summed E-state index contributed by atoms with van der Waals surface area (Å²) in [6, 6.07) is 9.57. The van der Waals surface area contributed by atoms with Gasteiger partial charge in [-0.1, -0.05) is 0 Å². The number of hydrogen-bond donors (Lipinski definition) is 1. The van der Waals surface area contributed by atoms with Gasteiger partial charge >= 0.3 is 0 Å². The van der Waals surface area contributed by atoms with Crippen LogP contribution in [-0.4, -0.2) is 44.4 Å². The molecule has 1 aliphatic rings. The standard InChI is InChI=1S/C21H24F2N2O4S/c22-16-5-9-18(10-6-16)29-15-2-1-13-24-21(26)20-4-3-14-25(20)30(27,28)19-11-7-17(23)8-12-19/h5-12,20H,1-4,13-15H2,(H,24,26). The van der Waals surface area contributed by atoms with E-state index in [0.717, 1.165) is 12.1 Å². The fraction of sp³-hybridized carbons (Fsp3) is 0.381. The molecule has 3 rings (SSSR count). The lowest BCUT2D eigenvalue weighted by atomic mass is 10.2. The highest BCUT2D eigenvalue weighted by molar-refractivity contribution is 7.89. The first kappa shape index (κ1) is 22.2. The number of benzene rings is 2. The Kier molecular flexibility index (Phi) is 7.38. The third kappa shape index (κ3) is 5.54. The quantitative estimate of drug-likeness (QED) is 0.611. The molecule has 9 heteroatoms. The van der Waals surface area contributed by atoms with Gasteiger partial charge in [-0.3, -0.25) is 4.79 Å². The first-order chi connectivity index (χ1) is 14.4. The fourth-order valence-electron chi connectivity index (χ4n) is 3.31. The number of sulfonamides is 1. The summed E-state index contributed by atoms with van der Waals surface area (Å²) in [5.41, 5.74) is 0. The summed E-state index contributed by atoms with van der Waals surface area (Å²) >= 11 is 0. The zero-order valence-corrected chi connectivity index (χ0v) is 17.2. The van der Waals surface area contributed by atoms with Crippen LogP contribution in [0.5, 0.6) is 5.75 Å². The van der Waals surface area contributed by atoms with Crippen LogP contribution >= 0.6 is 0 Å². The highest BCUT2D eigenvalue weighted by Gasteiger charge is 2.39. The average Bonchev–Trinajstić information content (AvgIpc) is 3.23. The lowest BCUT2D eigenvalue weighted by molar-refractivity contribution is -0.124. The van der Waals surface area contributed by atoms with Gasteiger partial charge in [0.2, 0.25) is 15.9 Å². The highest BCUT2D eigenvalue weighted by Crippen LogP contribution is 2.26. The molecule has 2 aromatic carbocycles. The molecule has 1 fully saturated rings. The van der Waals surface area contributed by atoms with Crippen LogP contribution in [0.4, 0.5) is 8.78 Å². The predicted molar refractivity (Wildman–Crippen MR) is 107 cm³/mol. The van der Waals surface area contributed by atoms with Gasteiger partial charge < -0.3 is 10.1 Å². The van der Waals surface area contributed by atoms with Crippen molar-refractivity contribution >= 4 is 15.9 Å². The molecule has 0 spiro atoms. The number of halogens is 2. The van der Waals surface area contributed by atoms with Gasteiger partial charge in [-0.2, -0.15) is 4.31 Å². The van der Waals surface area contributed by atoms with Crippen LogP contribution in [-0.2, 0) is 14.8 Å². The number of ether oxygens (including phenoxy) is 1. The molecular formula is C21H24F2N2O4S. The molecule has 1 unspecified atom stereocenters. The number of rotatable bonds is 9. The van der Waals surface area contributed by atoms with Crippen LogP contribution in [0.2, 0.25) is 0 Å². The van der Waals surface area contributed by atoms with E-state index in [1.807, 2.05) is 0 Å². The Labute approximate surface area is 174 Å². The maximum Gasteiger partial charge on any atom is 0.243 e. The molecule has 1 heterocycles. The molecule has 0 aliphatic carbocycles. The minimum atomic E-state index is -3.86. The van der Waals surface area contributed by atoms with E-state index >= 15 is 0 Å². The minimum Gasteiger partial charge on any atom is -0.494 e. The van der Waals surface area contributed by atoms with Gasteiger partial charge in [0.25, 0.3) is 0 Å². The van der Waals surface area contributed by atoms with Crippen molar-refractivity contribution < 1.29 is 26.7 Å². The van der Waals surface area contributed by atoms with Crippen molar-refractivity contribution in [2.75, 3.05) is 19.7 Å². The number of carbonyl (C=O) groups is 1. The monoisotopic (exact) mass is 438 g/mol. The van der Waals surface area contributed by atoms with E-state index in [9.17, 15) is 22.0 Å². The number of unbranched alkanes of at least 4 members (excludes halogenated alkanes) is 1. The topological polar surface area (TPSA) is 75.7 Å². The van der Waals surface area contributed by atoms with Crippen molar-refractivity contribution in [3.8, 4) is 5.75 Å². The third-order valence-electron chi connectivity index (χ3n) is 4.88. The number of nitrogens with zero attached hydrogens (tertiary/aromatic N) is 1. The molecule has 2 aromatic rings. The summed E-state index contributed by atoms with van der Waals surface area (Å²) in [7, 11) is -3.86. The molecule has 162 valence electrons. The van der Waals surface area contributed by atoms with Gasteiger partial charge in [0.05, 0.1) is 11.5 Å². The van der Waals surface area contributed by atoms with E-state index in [-0.39, 0.29) is 23.2 Å². The molecule has 30 heavy (non-hydrogen) atoms. The SMILES string of the molecule is O=C(NCCCCOc1ccc(F)cc1)C1CCCN1S(=O)(=O)c1ccc(F)cc1. The molecule has 0 radical (unpaired) electrons. The molecule has 0 bridgehead atoms. The molecule has 1 amide bonds. The van der Waals surface area contributed by atoms with Crippen LogP contribution < -0.4 is 10.1 Å². The van der Waals surface area contributed by atoms with E-state index < -0.39 is 21.9 Å². The first-order valence-electron chi connectivity index (χ1n) is 9.81. The van der Waals surface area contributed by atoms with E-state index in [1.165, 1.54) is 28.6 Å². The summed E-state index contributed by atoms with van der Waals surface area (Å²) in [4.78, 5) is 12.5. The summed E-state index contributed by atoms with van der Waals surface area (Å²) < 4.78 is 58.3. The van der Waals surface area contributed by atoms with Crippen molar-refractivity contribution in [3.05, 3.63) is 60.2 Å². The molecule has 1 atom stereocenters. The van der Waals surface area contributed by atoms with Crippen molar-refractivity contribution in [1.29, 1.82) is 0 Å². The Bertz CT molecular complexity index is 950. The molecule has 6 nitrogen and oxygen atoms in total. The number of amides is 1. The van der Waals surface area contributed by atoms with Crippen LogP contribution in [0.15, 0.2) is 53.4 Å². The van der Waals surface area contributed by atoms with Crippen molar-refractivity contribution in [2.45, 2.75) is 36.6 Å². The number of nitrogens with one attached hydrogen (secondary N) is 1. The Balaban J connectivity index is 1.45. The number of carbonyl (C=O) groups excluding carboxylic acids is 1. The number of hydrogen-bond acceptors (Lipinski definition) is 4. The lowest BCUT2D eigenvalue weighted by Crippen LogP contribution is -2.46. The van der Waals surface area contributed by atoms with Crippen molar-refractivity contribution in [3.63, 3.8) is 0 Å². The Morgan fingerprint density at radius 1 is 1.03 bits per heavy atom. The van der Waals surface area contributed by atoms with Crippen molar-refractivity contribution in [1.82, 2.24) is 9.62 Å². The third-order valence-corrected chi connectivity index (χ3v) is 6.80. The summed E-state index contributed by atoms with van der Waals surface area (Å²) in [6.45, 7) is 1.08.